The van der Waals surface area contributed by atoms with Gasteiger partial charge in [-0.25, -0.2) is 0 Å². The summed E-state index contributed by atoms with van der Waals surface area (Å²) in [5, 5.41) is 3.03. The molecule has 154 valence electrons. The van der Waals surface area contributed by atoms with Gasteiger partial charge in [0, 0.05) is 44.8 Å². The molecule has 2 amide bonds. The summed E-state index contributed by atoms with van der Waals surface area (Å²) in [5.74, 6) is 0.585. The van der Waals surface area contributed by atoms with Crippen molar-refractivity contribution in [3.8, 4) is 0 Å². The molecule has 1 N–H and O–H groups in total. The number of amides is 2. The number of para-hydroxylation sites is 1. The summed E-state index contributed by atoms with van der Waals surface area (Å²) in [5.41, 5.74) is 1.19. The lowest BCUT2D eigenvalue weighted by Gasteiger charge is -2.32. The van der Waals surface area contributed by atoms with Crippen LogP contribution in [0.1, 0.15) is 32.1 Å². The van der Waals surface area contributed by atoms with E-state index in [1.807, 2.05) is 23.1 Å². The molecule has 2 aliphatic heterocycles. The molecular formula is C22H34N4O2. The number of benzene rings is 1. The number of piperidine rings is 1. The fourth-order valence-electron chi connectivity index (χ4n) is 4.15. The van der Waals surface area contributed by atoms with Crippen LogP contribution in [0.5, 0.6) is 0 Å². The van der Waals surface area contributed by atoms with Gasteiger partial charge in [0.15, 0.2) is 0 Å². The monoisotopic (exact) mass is 386 g/mol. The zero-order valence-corrected chi connectivity index (χ0v) is 17.1. The van der Waals surface area contributed by atoms with Crippen molar-refractivity contribution >= 4 is 17.5 Å². The van der Waals surface area contributed by atoms with Crippen LogP contribution in [0.4, 0.5) is 5.69 Å². The van der Waals surface area contributed by atoms with Gasteiger partial charge in [0.1, 0.15) is 0 Å². The molecule has 0 radical (unpaired) electrons. The van der Waals surface area contributed by atoms with Crippen LogP contribution in [0.25, 0.3) is 0 Å². The minimum absolute atomic E-state index is 0.0895. The SMILES string of the molecule is CN(CCCNC(=O)CN1CCC(C(=O)N2CCCC2)CC1)c1ccccc1. The van der Waals surface area contributed by atoms with Crippen molar-refractivity contribution in [3.05, 3.63) is 30.3 Å². The number of hydrogen-bond donors (Lipinski definition) is 1. The van der Waals surface area contributed by atoms with E-state index >= 15 is 0 Å². The first kappa shape index (κ1) is 20.6. The quantitative estimate of drug-likeness (QED) is 0.694. The van der Waals surface area contributed by atoms with Crippen LogP contribution < -0.4 is 10.2 Å². The molecule has 1 aromatic carbocycles. The van der Waals surface area contributed by atoms with Crippen molar-refractivity contribution in [2.24, 2.45) is 5.92 Å². The van der Waals surface area contributed by atoms with Crippen molar-refractivity contribution < 1.29 is 9.59 Å². The molecule has 2 aliphatic rings. The summed E-state index contributed by atoms with van der Waals surface area (Å²) in [4.78, 5) is 31.1. The number of anilines is 1. The molecule has 6 heteroatoms. The van der Waals surface area contributed by atoms with E-state index in [-0.39, 0.29) is 11.8 Å². The number of nitrogens with one attached hydrogen (secondary N) is 1. The van der Waals surface area contributed by atoms with Crippen LogP contribution in [-0.4, -0.2) is 74.5 Å². The third kappa shape index (κ3) is 5.96. The topological polar surface area (TPSA) is 55.9 Å². The van der Waals surface area contributed by atoms with Crippen LogP contribution in [0.2, 0.25) is 0 Å². The molecule has 0 saturated carbocycles. The Labute approximate surface area is 168 Å². The first-order valence-electron chi connectivity index (χ1n) is 10.7. The van der Waals surface area contributed by atoms with E-state index in [2.05, 4.69) is 34.3 Å². The van der Waals surface area contributed by atoms with Crippen LogP contribution in [0.15, 0.2) is 30.3 Å². The Kier molecular flexibility index (Phi) is 7.71. The summed E-state index contributed by atoms with van der Waals surface area (Å²) in [6.07, 6.45) is 4.97. The zero-order chi connectivity index (χ0) is 19.8. The van der Waals surface area contributed by atoms with E-state index in [1.165, 1.54) is 5.69 Å². The van der Waals surface area contributed by atoms with Gasteiger partial charge in [-0.3, -0.25) is 14.5 Å². The van der Waals surface area contributed by atoms with Crippen LogP contribution >= 0.6 is 0 Å². The minimum atomic E-state index is 0.0895. The molecule has 0 aromatic heterocycles. The molecule has 28 heavy (non-hydrogen) atoms. The van der Waals surface area contributed by atoms with E-state index < -0.39 is 0 Å². The lowest BCUT2D eigenvalue weighted by Crippen LogP contribution is -2.45. The van der Waals surface area contributed by atoms with Gasteiger partial charge in [0.05, 0.1) is 6.54 Å². The lowest BCUT2D eigenvalue weighted by atomic mass is 9.95. The standard InChI is InChI=1S/C22H34N4O2/c1-24(20-8-3-2-4-9-20)13-7-12-23-21(27)18-25-16-10-19(11-17-25)22(28)26-14-5-6-15-26/h2-4,8-9,19H,5-7,10-18H2,1H3,(H,23,27). The molecule has 0 atom stereocenters. The highest BCUT2D eigenvalue weighted by Crippen LogP contribution is 2.21. The second-order valence-electron chi connectivity index (χ2n) is 8.04. The van der Waals surface area contributed by atoms with Gasteiger partial charge in [-0.2, -0.15) is 0 Å². The summed E-state index contributed by atoms with van der Waals surface area (Å²) >= 11 is 0. The normalized spacial score (nSPS) is 18.2. The Balaban J connectivity index is 1.28. The number of hydrogen-bond acceptors (Lipinski definition) is 4. The average Bonchev–Trinajstić information content (AvgIpc) is 3.26. The molecule has 3 rings (SSSR count). The molecule has 0 unspecified atom stereocenters. The summed E-state index contributed by atoms with van der Waals surface area (Å²) < 4.78 is 0. The fourth-order valence-corrected chi connectivity index (χ4v) is 4.15. The van der Waals surface area contributed by atoms with Crippen molar-refractivity contribution in [2.75, 3.05) is 57.8 Å². The average molecular weight is 387 g/mol. The van der Waals surface area contributed by atoms with Gasteiger partial charge in [-0.05, 0) is 57.3 Å². The number of carbonyl (C=O) groups excluding carboxylic acids is 2. The minimum Gasteiger partial charge on any atom is -0.375 e. The predicted molar refractivity (Wildman–Crippen MR) is 112 cm³/mol. The largest absolute Gasteiger partial charge is 0.375 e. The van der Waals surface area contributed by atoms with E-state index in [0.717, 1.165) is 64.8 Å². The highest BCUT2D eigenvalue weighted by molar-refractivity contribution is 5.79. The van der Waals surface area contributed by atoms with Gasteiger partial charge in [0.2, 0.25) is 11.8 Å². The number of rotatable bonds is 8. The maximum Gasteiger partial charge on any atom is 0.234 e. The molecular weight excluding hydrogens is 352 g/mol. The third-order valence-corrected chi connectivity index (χ3v) is 5.91. The molecule has 2 heterocycles. The van der Waals surface area contributed by atoms with Crippen molar-refractivity contribution in [2.45, 2.75) is 32.1 Å². The highest BCUT2D eigenvalue weighted by Gasteiger charge is 2.30. The molecule has 6 nitrogen and oxygen atoms in total. The number of carbonyl (C=O) groups is 2. The first-order valence-corrected chi connectivity index (χ1v) is 10.7. The summed E-state index contributed by atoms with van der Waals surface area (Å²) in [7, 11) is 2.07. The first-order chi connectivity index (χ1) is 13.6. The zero-order valence-electron chi connectivity index (χ0n) is 17.1. The van der Waals surface area contributed by atoms with E-state index in [0.29, 0.717) is 19.0 Å². The summed E-state index contributed by atoms with van der Waals surface area (Å²) in [6.45, 7) is 5.60. The lowest BCUT2D eigenvalue weighted by molar-refractivity contribution is -0.136. The second kappa shape index (κ2) is 10.5. The Bertz CT molecular complexity index is 623. The van der Waals surface area contributed by atoms with Gasteiger partial charge in [-0.1, -0.05) is 18.2 Å². The van der Waals surface area contributed by atoms with Gasteiger partial charge in [0.25, 0.3) is 0 Å². The van der Waals surface area contributed by atoms with Gasteiger partial charge < -0.3 is 15.1 Å². The van der Waals surface area contributed by atoms with E-state index in [1.54, 1.807) is 0 Å². The molecule has 0 spiro atoms. The third-order valence-electron chi connectivity index (χ3n) is 5.91. The molecule has 0 aliphatic carbocycles. The van der Waals surface area contributed by atoms with Gasteiger partial charge >= 0.3 is 0 Å². The van der Waals surface area contributed by atoms with E-state index in [4.69, 9.17) is 0 Å². The maximum atomic E-state index is 12.5. The highest BCUT2D eigenvalue weighted by atomic mass is 16.2. The Morgan fingerprint density at radius 1 is 1.07 bits per heavy atom. The predicted octanol–water partition coefficient (Wildman–Crippen LogP) is 1.96. The molecule has 2 saturated heterocycles. The van der Waals surface area contributed by atoms with Gasteiger partial charge in [-0.15, -0.1) is 0 Å². The van der Waals surface area contributed by atoms with E-state index in [9.17, 15) is 9.59 Å². The van der Waals surface area contributed by atoms with Crippen molar-refractivity contribution in [1.29, 1.82) is 0 Å². The fraction of sp³-hybridized carbons (Fsp3) is 0.636. The maximum absolute atomic E-state index is 12.5. The smallest absolute Gasteiger partial charge is 0.234 e. The number of nitrogens with zero attached hydrogens (tertiary/aromatic N) is 3. The molecule has 1 aromatic rings. The van der Waals surface area contributed by atoms with Crippen LogP contribution in [0.3, 0.4) is 0 Å². The molecule has 0 bridgehead atoms. The Morgan fingerprint density at radius 3 is 2.43 bits per heavy atom. The molecule has 2 fully saturated rings. The Hall–Kier alpha value is -2.08. The Morgan fingerprint density at radius 2 is 1.75 bits per heavy atom. The van der Waals surface area contributed by atoms with Crippen molar-refractivity contribution in [3.63, 3.8) is 0 Å². The summed E-state index contributed by atoms with van der Waals surface area (Å²) in [6, 6.07) is 10.3. The van der Waals surface area contributed by atoms with Crippen molar-refractivity contribution in [1.82, 2.24) is 15.1 Å². The van der Waals surface area contributed by atoms with Crippen LogP contribution in [0, 0.1) is 5.92 Å². The second-order valence-corrected chi connectivity index (χ2v) is 8.04. The number of likely N-dealkylation sites (tertiary alicyclic amines) is 2. The van der Waals surface area contributed by atoms with Crippen LogP contribution in [-0.2, 0) is 9.59 Å².